The predicted molar refractivity (Wildman–Crippen MR) is 101 cm³/mol. The summed E-state index contributed by atoms with van der Waals surface area (Å²) in [6, 6.07) is 17.1. The monoisotopic (exact) mass is 335 g/mol. The van der Waals surface area contributed by atoms with E-state index in [-0.39, 0.29) is 11.0 Å². The lowest BCUT2D eigenvalue weighted by atomic mass is 10.1. The molecule has 0 saturated heterocycles. The van der Waals surface area contributed by atoms with Crippen LogP contribution in [0.4, 0.5) is 5.69 Å². The minimum atomic E-state index is -0.233. The van der Waals surface area contributed by atoms with Crippen molar-refractivity contribution >= 4 is 39.8 Å². The average molecular weight is 335 g/mol. The van der Waals surface area contributed by atoms with Gasteiger partial charge in [0.05, 0.1) is 11.2 Å². The fourth-order valence-corrected chi connectivity index (χ4v) is 2.63. The highest BCUT2D eigenvalue weighted by Crippen LogP contribution is 2.20. The highest BCUT2D eigenvalue weighted by Gasteiger charge is 2.09. The molecule has 0 atom stereocenters. The van der Waals surface area contributed by atoms with Crippen molar-refractivity contribution in [2.75, 3.05) is 5.32 Å². The summed E-state index contributed by atoms with van der Waals surface area (Å²) in [6.07, 6.45) is 2.67. The highest BCUT2D eigenvalue weighted by molar-refractivity contribution is 7.80. The molecule has 1 amide bonds. The van der Waals surface area contributed by atoms with Gasteiger partial charge in [0.25, 0.3) is 5.91 Å². The summed E-state index contributed by atoms with van der Waals surface area (Å²) in [6.45, 7) is 2.08. The first kappa shape index (κ1) is 16.1. The number of para-hydroxylation sites is 1. The van der Waals surface area contributed by atoms with Gasteiger partial charge in [0.1, 0.15) is 0 Å². The molecule has 0 aliphatic heterocycles. The molecular weight excluding hydrogens is 318 g/mol. The molecule has 3 rings (SSSR count). The number of aryl methyl sites for hydroxylation is 1. The van der Waals surface area contributed by atoms with Crippen LogP contribution in [-0.2, 0) is 6.42 Å². The number of hydrogen-bond donors (Lipinski definition) is 2. The second kappa shape index (κ2) is 7.19. The SMILES string of the molecule is CCc1ccc(C(=O)NC(=S)Nc2cccc3cccnc23)cc1. The van der Waals surface area contributed by atoms with Crippen molar-refractivity contribution in [1.29, 1.82) is 0 Å². The zero-order chi connectivity index (χ0) is 16.9. The smallest absolute Gasteiger partial charge is 0.257 e. The Morgan fingerprint density at radius 1 is 1.08 bits per heavy atom. The maximum atomic E-state index is 12.3. The summed E-state index contributed by atoms with van der Waals surface area (Å²) >= 11 is 5.25. The summed E-state index contributed by atoms with van der Waals surface area (Å²) < 4.78 is 0. The van der Waals surface area contributed by atoms with Crippen LogP contribution in [0.3, 0.4) is 0 Å². The fourth-order valence-electron chi connectivity index (χ4n) is 2.43. The van der Waals surface area contributed by atoms with Crippen LogP contribution in [0.15, 0.2) is 60.8 Å². The normalized spacial score (nSPS) is 10.4. The van der Waals surface area contributed by atoms with Crippen molar-refractivity contribution in [3.63, 3.8) is 0 Å². The molecule has 0 bridgehead atoms. The van der Waals surface area contributed by atoms with E-state index in [1.807, 2.05) is 42.5 Å². The Labute approximate surface area is 145 Å². The van der Waals surface area contributed by atoms with Crippen molar-refractivity contribution in [3.05, 3.63) is 71.9 Å². The first-order valence-corrected chi connectivity index (χ1v) is 8.13. The van der Waals surface area contributed by atoms with Crippen LogP contribution in [0.5, 0.6) is 0 Å². The van der Waals surface area contributed by atoms with Crippen molar-refractivity contribution in [3.8, 4) is 0 Å². The molecule has 0 spiro atoms. The Kier molecular flexibility index (Phi) is 4.82. The molecule has 2 aromatic carbocycles. The van der Waals surface area contributed by atoms with Gasteiger partial charge < -0.3 is 5.32 Å². The van der Waals surface area contributed by atoms with Gasteiger partial charge in [-0.1, -0.05) is 37.3 Å². The third-order valence-corrected chi connectivity index (χ3v) is 3.94. The Hall–Kier alpha value is -2.79. The lowest BCUT2D eigenvalue weighted by molar-refractivity contribution is 0.0977. The number of anilines is 1. The molecule has 0 radical (unpaired) electrons. The Balaban J connectivity index is 1.71. The second-order valence-corrected chi connectivity index (χ2v) is 5.75. The number of aromatic nitrogens is 1. The van der Waals surface area contributed by atoms with E-state index in [1.165, 1.54) is 5.56 Å². The van der Waals surface area contributed by atoms with Gasteiger partial charge >= 0.3 is 0 Å². The van der Waals surface area contributed by atoms with E-state index < -0.39 is 0 Å². The topological polar surface area (TPSA) is 54.0 Å². The molecular formula is C19H17N3OS. The van der Waals surface area contributed by atoms with Crippen LogP contribution >= 0.6 is 12.2 Å². The standard InChI is InChI=1S/C19H17N3OS/c1-2-13-8-10-15(11-9-13)18(23)22-19(24)21-16-7-3-5-14-6-4-12-20-17(14)16/h3-12H,2H2,1H3,(H2,21,22,23,24). The molecule has 4 nitrogen and oxygen atoms in total. The molecule has 1 aromatic heterocycles. The van der Waals surface area contributed by atoms with Crippen LogP contribution in [0, 0.1) is 0 Å². The molecule has 1 heterocycles. The summed E-state index contributed by atoms with van der Waals surface area (Å²) in [5.41, 5.74) is 3.34. The first-order chi connectivity index (χ1) is 11.7. The molecule has 0 aliphatic rings. The zero-order valence-corrected chi connectivity index (χ0v) is 14.1. The van der Waals surface area contributed by atoms with Gasteiger partial charge in [-0.2, -0.15) is 0 Å². The molecule has 0 fully saturated rings. The maximum absolute atomic E-state index is 12.3. The van der Waals surface area contributed by atoms with Crippen LogP contribution in [0.1, 0.15) is 22.8 Å². The minimum absolute atomic E-state index is 0.233. The molecule has 3 aromatic rings. The molecule has 5 heteroatoms. The van der Waals surface area contributed by atoms with Crippen LogP contribution in [0.25, 0.3) is 10.9 Å². The van der Waals surface area contributed by atoms with Gasteiger partial charge in [-0.3, -0.25) is 15.1 Å². The summed E-state index contributed by atoms with van der Waals surface area (Å²) in [5, 5.41) is 7.00. The lowest BCUT2D eigenvalue weighted by Gasteiger charge is -2.11. The van der Waals surface area contributed by atoms with Gasteiger partial charge in [-0.15, -0.1) is 0 Å². The van der Waals surface area contributed by atoms with Crippen LogP contribution < -0.4 is 10.6 Å². The summed E-state index contributed by atoms with van der Waals surface area (Å²) in [5.74, 6) is -0.233. The number of fused-ring (bicyclic) bond motifs is 1. The van der Waals surface area contributed by atoms with Gasteiger partial charge in [0, 0.05) is 17.1 Å². The molecule has 2 N–H and O–H groups in total. The van der Waals surface area contributed by atoms with Crippen molar-refractivity contribution in [2.45, 2.75) is 13.3 Å². The van der Waals surface area contributed by atoms with Crippen molar-refractivity contribution in [1.82, 2.24) is 10.3 Å². The fraction of sp³-hybridized carbons (Fsp3) is 0.105. The van der Waals surface area contributed by atoms with E-state index in [2.05, 4.69) is 22.5 Å². The van der Waals surface area contributed by atoms with Crippen LogP contribution in [-0.4, -0.2) is 16.0 Å². The van der Waals surface area contributed by atoms with Gasteiger partial charge in [0.15, 0.2) is 5.11 Å². The molecule has 24 heavy (non-hydrogen) atoms. The number of carbonyl (C=O) groups is 1. The number of hydrogen-bond acceptors (Lipinski definition) is 3. The van der Waals surface area contributed by atoms with Crippen molar-refractivity contribution < 1.29 is 4.79 Å². The van der Waals surface area contributed by atoms with E-state index in [0.717, 1.165) is 23.0 Å². The lowest BCUT2D eigenvalue weighted by Crippen LogP contribution is -2.34. The van der Waals surface area contributed by atoms with Crippen molar-refractivity contribution in [2.24, 2.45) is 0 Å². The second-order valence-electron chi connectivity index (χ2n) is 5.34. The minimum Gasteiger partial charge on any atom is -0.331 e. The summed E-state index contributed by atoms with van der Waals surface area (Å²) in [7, 11) is 0. The Bertz CT molecular complexity index is 885. The van der Waals surface area contributed by atoms with E-state index in [1.54, 1.807) is 18.3 Å². The number of benzene rings is 2. The van der Waals surface area contributed by atoms with E-state index in [4.69, 9.17) is 12.2 Å². The van der Waals surface area contributed by atoms with Gasteiger partial charge in [-0.05, 0) is 48.5 Å². The average Bonchev–Trinajstić information content (AvgIpc) is 2.62. The predicted octanol–water partition coefficient (Wildman–Crippen LogP) is 3.92. The number of pyridine rings is 1. The molecule has 120 valence electrons. The third kappa shape index (κ3) is 3.58. The highest BCUT2D eigenvalue weighted by atomic mass is 32.1. The molecule has 0 unspecified atom stereocenters. The summed E-state index contributed by atoms with van der Waals surface area (Å²) in [4.78, 5) is 16.6. The zero-order valence-electron chi connectivity index (χ0n) is 13.2. The van der Waals surface area contributed by atoms with Gasteiger partial charge in [-0.25, -0.2) is 0 Å². The largest absolute Gasteiger partial charge is 0.331 e. The van der Waals surface area contributed by atoms with E-state index in [0.29, 0.717) is 5.56 Å². The Morgan fingerprint density at radius 2 is 1.83 bits per heavy atom. The van der Waals surface area contributed by atoms with Crippen LogP contribution in [0.2, 0.25) is 0 Å². The molecule has 0 saturated carbocycles. The molecule has 0 aliphatic carbocycles. The van der Waals surface area contributed by atoms with E-state index in [9.17, 15) is 4.79 Å². The number of nitrogens with zero attached hydrogens (tertiary/aromatic N) is 1. The number of rotatable bonds is 3. The quantitative estimate of drug-likeness (QED) is 0.712. The number of carbonyl (C=O) groups excluding carboxylic acids is 1. The third-order valence-electron chi connectivity index (χ3n) is 3.73. The Morgan fingerprint density at radius 3 is 2.58 bits per heavy atom. The van der Waals surface area contributed by atoms with Gasteiger partial charge in [0.2, 0.25) is 0 Å². The number of amides is 1. The number of thiocarbonyl (C=S) groups is 1. The van der Waals surface area contributed by atoms with E-state index >= 15 is 0 Å². The first-order valence-electron chi connectivity index (χ1n) is 7.72. The maximum Gasteiger partial charge on any atom is 0.257 e. The number of nitrogens with one attached hydrogen (secondary N) is 2.